The van der Waals surface area contributed by atoms with Crippen molar-refractivity contribution in [3.8, 4) is 5.75 Å². The first kappa shape index (κ1) is 10.2. The van der Waals surface area contributed by atoms with Crippen molar-refractivity contribution in [2.75, 3.05) is 14.2 Å². The normalized spacial score (nSPS) is 23.6. The zero-order chi connectivity index (χ0) is 10.9. The van der Waals surface area contributed by atoms with Crippen LogP contribution in [0.2, 0.25) is 0 Å². The lowest BCUT2D eigenvalue weighted by molar-refractivity contribution is -0.128. The molecule has 3 nitrogen and oxygen atoms in total. The summed E-state index contributed by atoms with van der Waals surface area (Å²) in [7, 11) is 3.21. The Morgan fingerprint density at radius 2 is 2.20 bits per heavy atom. The van der Waals surface area contributed by atoms with Crippen molar-refractivity contribution >= 4 is 6.29 Å². The fourth-order valence-electron chi connectivity index (χ4n) is 2.24. The van der Waals surface area contributed by atoms with E-state index in [2.05, 4.69) is 0 Å². The quantitative estimate of drug-likeness (QED) is 0.706. The average molecular weight is 206 g/mol. The molecule has 0 heterocycles. The second-order valence-electron chi connectivity index (χ2n) is 3.70. The third-order valence-electron chi connectivity index (χ3n) is 3.11. The second-order valence-corrected chi connectivity index (χ2v) is 3.70. The molecule has 3 heteroatoms. The zero-order valence-corrected chi connectivity index (χ0v) is 8.95. The van der Waals surface area contributed by atoms with Crippen molar-refractivity contribution in [1.29, 1.82) is 0 Å². The Bertz CT molecular complexity index is 386. The van der Waals surface area contributed by atoms with Gasteiger partial charge in [-0.1, -0.05) is 12.1 Å². The predicted molar refractivity (Wildman–Crippen MR) is 56.1 cm³/mol. The molecule has 80 valence electrons. The molecular weight excluding hydrogens is 192 g/mol. The standard InChI is InChI=1S/C12H14O3/c1-14-11-5-3-4-10-9(11)6-7-12(10,8-13)15-2/h3-5,8H,6-7H2,1-2H3. The predicted octanol–water partition coefficient (Wildman–Crippen LogP) is 1.68. The number of carbonyl (C=O) groups excluding carboxylic acids is 1. The summed E-state index contributed by atoms with van der Waals surface area (Å²) in [5.41, 5.74) is 1.28. The molecule has 0 aliphatic heterocycles. The number of methoxy groups -OCH3 is 2. The summed E-state index contributed by atoms with van der Waals surface area (Å²) >= 11 is 0. The molecule has 2 rings (SSSR count). The Labute approximate surface area is 89.0 Å². The van der Waals surface area contributed by atoms with Crippen LogP contribution < -0.4 is 4.74 Å². The van der Waals surface area contributed by atoms with Crippen LogP contribution in [0.25, 0.3) is 0 Å². The highest BCUT2D eigenvalue weighted by Gasteiger charge is 2.40. The van der Waals surface area contributed by atoms with Gasteiger partial charge in [0.05, 0.1) is 7.11 Å². The van der Waals surface area contributed by atoms with Crippen LogP contribution in [0.5, 0.6) is 5.75 Å². The van der Waals surface area contributed by atoms with Gasteiger partial charge in [0.15, 0.2) is 6.29 Å². The number of fused-ring (bicyclic) bond motifs is 1. The van der Waals surface area contributed by atoms with Crippen molar-refractivity contribution < 1.29 is 14.3 Å². The van der Waals surface area contributed by atoms with Crippen molar-refractivity contribution in [2.24, 2.45) is 0 Å². The van der Waals surface area contributed by atoms with E-state index in [0.717, 1.165) is 29.6 Å². The molecule has 0 spiro atoms. The van der Waals surface area contributed by atoms with E-state index in [0.29, 0.717) is 6.42 Å². The minimum atomic E-state index is -0.760. The molecule has 1 aliphatic carbocycles. The summed E-state index contributed by atoms with van der Waals surface area (Å²) in [6.45, 7) is 0. The minimum Gasteiger partial charge on any atom is -0.496 e. The van der Waals surface area contributed by atoms with Gasteiger partial charge in [0, 0.05) is 12.7 Å². The summed E-state index contributed by atoms with van der Waals surface area (Å²) < 4.78 is 10.6. The first-order valence-electron chi connectivity index (χ1n) is 4.95. The van der Waals surface area contributed by atoms with Crippen LogP contribution in [-0.4, -0.2) is 20.5 Å². The average Bonchev–Trinajstić information content (AvgIpc) is 2.68. The Hall–Kier alpha value is -1.35. The van der Waals surface area contributed by atoms with Gasteiger partial charge in [-0.05, 0) is 24.5 Å². The number of rotatable bonds is 3. The second kappa shape index (κ2) is 3.66. The summed E-state index contributed by atoms with van der Waals surface area (Å²) in [5.74, 6) is 0.841. The number of hydrogen-bond acceptors (Lipinski definition) is 3. The van der Waals surface area contributed by atoms with Crippen LogP contribution in [0.15, 0.2) is 18.2 Å². The van der Waals surface area contributed by atoms with Gasteiger partial charge in [0.1, 0.15) is 11.4 Å². The van der Waals surface area contributed by atoms with E-state index in [1.807, 2.05) is 18.2 Å². The maximum atomic E-state index is 11.2. The molecule has 1 atom stereocenters. The molecule has 0 N–H and O–H groups in total. The molecule has 1 unspecified atom stereocenters. The van der Waals surface area contributed by atoms with E-state index in [4.69, 9.17) is 9.47 Å². The highest BCUT2D eigenvalue weighted by atomic mass is 16.5. The van der Waals surface area contributed by atoms with Crippen LogP contribution in [0.1, 0.15) is 17.5 Å². The maximum absolute atomic E-state index is 11.2. The third-order valence-corrected chi connectivity index (χ3v) is 3.11. The van der Waals surface area contributed by atoms with Crippen LogP contribution in [0.3, 0.4) is 0 Å². The molecule has 0 saturated heterocycles. The Kier molecular flexibility index (Phi) is 2.49. The molecule has 15 heavy (non-hydrogen) atoms. The lowest BCUT2D eigenvalue weighted by Crippen LogP contribution is -2.27. The maximum Gasteiger partial charge on any atom is 0.156 e. The zero-order valence-electron chi connectivity index (χ0n) is 8.95. The monoisotopic (exact) mass is 206 g/mol. The summed E-state index contributed by atoms with van der Waals surface area (Å²) in [5, 5.41) is 0. The van der Waals surface area contributed by atoms with E-state index >= 15 is 0 Å². The third kappa shape index (κ3) is 1.35. The van der Waals surface area contributed by atoms with Gasteiger partial charge in [0.25, 0.3) is 0 Å². The number of ether oxygens (including phenoxy) is 2. The molecule has 0 fully saturated rings. The molecule has 0 bridgehead atoms. The first-order chi connectivity index (χ1) is 7.27. The summed E-state index contributed by atoms with van der Waals surface area (Å²) in [6, 6.07) is 5.73. The smallest absolute Gasteiger partial charge is 0.156 e. The van der Waals surface area contributed by atoms with Gasteiger partial charge in [0.2, 0.25) is 0 Å². The van der Waals surface area contributed by atoms with Crippen molar-refractivity contribution in [3.63, 3.8) is 0 Å². The fraction of sp³-hybridized carbons (Fsp3) is 0.417. The van der Waals surface area contributed by atoms with Gasteiger partial charge in [-0.15, -0.1) is 0 Å². The van der Waals surface area contributed by atoms with Crippen LogP contribution in [0, 0.1) is 0 Å². The first-order valence-corrected chi connectivity index (χ1v) is 4.95. The van der Waals surface area contributed by atoms with Crippen molar-refractivity contribution in [1.82, 2.24) is 0 Å². The van der Waals surface area contributed by atoms with Gasteiger partial charge < -0.3 is 9.47 Å². The van der Waals surface area contributed by atoms with E-state index in [1.165, 1.54) is 0 Å². The highest BCUT2D eigenvalue weighted by Crippen LogP contribution is 2.41. The fourth-order valence-corrected chi connectivity index (χ4v) is 2.24. The lowest BCUT2D eigenvalue weighted by atomic mass is 9.97. The van der Waals surface area contributed by atoms with Crippen molar-refractivity contribution in [2.45, 2.75) is 18.4 Å². The van der Waals surface area contributed by atoms with E-state index in [1.54, 1.807) is 14.2 Å². The molecule has 1 aliphatic rings. The topological polar surface area (TPSA) is 35.5 Å². The summed E-state index contributed by atoms with van der Waals surface area (Å²) in [4.78, 5) is 11.2. The highest BCUT2D eigenvalue weighted by molar-refractivity contribution is 5.70. The SMILES string of the molecule is COc1cccc2c1CCC2(C=O)OC. The van der Waals surface area contributed by atoms with Crippen LogP contribution in [-0.2, 0) is 21.6 Å². The molecule has 0 amide bonds. The molecule has 0 saturated carbocycles. The Morgan fingerprint density at radius 1 is 1.40 bits per heavy atom. The molecule has 0 radical (unpaired) electrons. The molecular formula is C12H14O3. The van der Waals surface area contributed by atoms with Crippen LogP contribution >= 0.6 is 0 Å². The number of aldehydes is 1. The Morgan fingerprint density at radius 3 is 2.80 bits per heavy atom. The van der Waals surface area contributed by atoms with Crippen LogP contribution in [0.4, 0.5) is 0 Å². The van der Waals surface area contributed by atoms with E-state index < -0.39 is 5.60 Å². The van der Waals surface area contributed by atoms with Gasteiger partial charge in [-0.3, -0.25) is 4.79 Å². The number of benzene rings is 1. The molecule has 0 aromatic heterocycles. The molecule has 1 aromatic carbocycles. The van der Waals surface area contributed by atoms with E-state index in [-0.39, 0.29) is 0 Å². The summed E-state index contributed by atoms with van der Waals surface area (Å²) in [6.07, 6.45) is 2.41. The number of carbonyl (C=O) groups is 1. The van der Waals surface area contributed by atoms with Gasteiger partial charge in [-0.25, -0.2) is 0 Å². The molecule has 1 aromatic rings. The van der Waals surface area contributed by atoms with Crippen molar-refractivity contribution in [3.05, 3.63) is 29.3 Å². The lowest BCUT2D eigenvalue weighted by Gasteiger charge is -2.21. The van der Waals surface area contributed by atoms with Gasteiger partial charge in [-0.2, -0.15) is 0 Å². The number of hydrogen-bond donors (Lipinski definition) is 0. The minimum absolute atomic E-state index is 0.697. The largest absolute Gasteiger partial charge is 0.496 e. The van der Waals surface area contributed by atoms with E-state index in [9.17, 15) is 4.79 Å². The Balaban J connectivity index is 2.56. The van der Waals surface area contributed by atoms with Gasteiger partial charge >= 0.3 is 0 Å².